The standard InChI is InChI=1S/C17H22ClN5OS/c1-2-14-5-3-4-10-22(14)15(24)11-25-17-21-20-16(23(17)19)12-6-8-13(18)9-7-12/h6-9,14H,2-5,10-11,19H2,1H3. The Labute approximate surface area is 156 Å². The molecule has 2 N–H and O–H groups in total. The maximum atomic E-state index is 12.6. The zero-order chi connectivity index (χ0) is 17.8. The second-order valence-electron chi connectivity index (χ2n) is 6.12. The van der Waals surface area contributed by atoms with Crippen LogP contribution in [0.1, 0.15) is 32.6 Å². The molecule has 3 rings (SSSR count). The number of likely N-dealkylation sites (tertiary alicyclic amines) is 1. The molecule has 1 amide bonds. The zero-order valence-corrected chi connectivity index (χ0v) is 15.8. The van der Waals surface area contributed by atoms with Crippen molar-refractivity contribution in [2.75, 3.05) is 18.1 Å². The van der Waals surface area contributed by atoms with Crippen LogP contribution >= 0.6 is 23.4 Å². The number of amides is 1. The molecule has 0 aliphatic carbocycles. The monoisotopic (exact) mass is 379 g/mol. The molecule has 0 saturated carbocycles. The van der Waals surface area contributed by atoms with Crippen molar-refractivity contribution in [3.8, 4) is 11.4 Å². The van der Waals surface area contributed by atoms with Crippen LogP contribution in [0.25, 0.3) is 11.4 Å². The third-order valence-electron chi connectivity index (χ3n) is 4.51. The van der Waals surface area contributed by atoms with E-state index in [0.29, 0.717) is 27.8 Å². The normalized spacial score (nSPS) is 17.7. The first-order valence-corrected chi connectivity index (χ1v) is 9.85. The van der Waals surface area contributed by atoms with Gasteiger partial charge in [-0.15, -0.1) is 10.2 Å². The lowest BCUT2D eigenvalue weighted by atomic mass is 10.0. The third kappa shape index (κ3) is 4.10. The Balaban J connectivity index is 1.65. The number of thioether (sulfide) groups is 1. The molecule has 2 aromatic rings. The summed E-state index contributed by atoms with van der Waals surface area (Å²) in [6.45, 7) is 2.99. The number of nitrogen functional groups attached to an aromatic ring is 1. The van der Waals surface area contributed by atoms with E-state index < -0.39 is 0 Å². The number of hydrogen-bond donors (Lipinski definition) is 1. The van der Waals surface area contributed by atoms with E-state index in [2.05, 4.69) is 17.1 Å². The Bertz CT molecular complexity index is 733. The number of carbonyl (C=O) groups excluding carboxylic acids is 1. The molecular formula is C17H22ClN5OS. The van der Waals surface area contributed by atoms with Gasteiger partial charge in [-0.2, -0.15) is 0 Å². The van der Waals surface area contributed by atoms with Gasteiger partial charge in [0, 0.05) is 23.2 Å². The van der Waals surface area contributed by atoms with Crippen LogP contribution in [0.3, 0.4) is 0 Å². The highest BCUT2D eigenvalue weighted by molar-refractivity contribution is 7.99. The molecular weight excluding hydrogens is 358 g/mol. The number of rotatable bonds is 5. The van der Waals surface area contributed by atoms with Gasteiger partial charge < -0.3 is 10.7 Å². The first-order valence-electron chi connectivity index (χ1n) is 8.49. The van der Waals surface area contributed by atoms with Crippen LogP contribution in [-0.4, -0.2) is 44.0 Å². The van der Waals surface area contributed by atoms with Gasteiger partial charge in [-0.25, -0.2) is 4.68 Å². The lowest BCUT2D eigenvalue weighted by Gasteiger charge is -2.35. The molecule has 1 unspecified atom stereocenters. The molecule has 8 heteroatoms. The van der Waals surface area contributed by atoms with Gasteiger partial charge in [0.05, 0.1) is 5.75 Å². The predicted octanol–water partition coefficient (Wildman–Crippen LogP) is 3.20. The predicted molar refractivity (Wildman–Crippen MR) is 101 cm³/mol. The number of halogens is 1. The summed E-state index contributed by atoms with van der Waals surface area (Å²) in [5, 5.41) is 9.44. The topological polar surface area (TPSA) is 77.0 Å². The van der Waals surface area contributed by atoms with Crippen LogP contribution in [0, 0.1) is 0 Å². The summed E-state index contributed by atoms with van der Waals surface area (Å²) >= 11 is 7.23. The summed E-state index contributed by atoms with van der Waals surface area (Å²) in [4.78, 5) is 14.6. The molecule has 6 nitrogen and oxygen atoms in total. The summed E-state index contributed by atoms with van der Waals surface area (Å²) in [5.41, 5.74) is 0.833. The Morgan fingerprint density at radius 1 is 1.32 bits per heavy atom. The summed E-state index contributed by atoms with van der Waals surface area (Å²) in [6, 6.07) is 7.61. The second-order valence-corrected chi connectivity index (χ2v) is 7.50. The smallest absolute Gasteiger partial charge is 0.233 e. The number of hydrogen-bond acceptors (Lipinski definition) is 5. The molecule has 134 valence electrons. The van der Waals surface area contributed by atoms with Gasteiger partial charge in [0.15, 0.2) is 5.82 Å². The summed E-state index contributed by atoms with van der Waals surface area (Å²) < 4.78 is 1.43. The lowest BCUT2D eigenvalue weighted by molar-refractivity contribution is -0.132. The van der Waals surface area contributed by atoms with Crippen molar-refractivity contribution >= 4 is 29.3 Å². The van der Waals surface area contributed by atoms with Crippen molar-refractivity contribution in [3.05, 3.63) is 29.3 Å². The third-order valence-corrected chi connectivity index (χ3v) is 5.69. The number of nitrogens with zero attached hydrogens (tertiary/aromatic N) is 4. The number of benzene rings is 1. The van der Waals surface area contributed by atoms with Crippen molar-refractivity contribution < 1.29 is 4.79 Å². The summed E-state index contributed by atoms with van der Waals surface area (Å²) in [6.07, 6.45) is 4.39. The van der Waals surface area contributed by atoms with Crippen LogP contribution in [0.2, 0.25) is 5.02 Å². The van der Waals surface area contributed by atoms with E-state index in [1.165, 1.54) is 22.9 Å². The van der Waals surface area contributed by atoms with Gasteiger partial charge in [-0.05, 0) is 49.9 Å². The maximum Gasteiger partial charge on any atom is 0.233 e. The largest absolute Gasteiger partial charge is 0.339 e. The van der Waals surface area contributed by atoms with Gasteiger partial charge in [-0.3, -0.25) is 4.79 Å². The highest BCUT2D eigenvalue weighted by atomic mass is 35.5. The van der Waals surface area contributed by atoms with E-state index in [4.69, 9.17) is 17.4 Å². The van der Waals surface area contributed by atoms with Crippen LogP contribution in [-0.2, 0) is 4.79 Å². The fourth-order valence-corrected chi connectivity index (χ4v) is 4.00. The first kappa shape index (κ1) is 18.1. The van der Waals surface area contributed by atoms with Gasteiger partial charge >= 0.3 is 0 Å². The van der Waals surface area contributed by atoms with Gasteiger partial charge in [-0.1, -0.05) is 30.3 Å². The number of nitrogens with two attached hydrogens (primary N) is 1. The molecule has 0 radical (unpaired) electrons. The molecule has 1 saturated heterocycles. The molecule has 0 spiro atoms. The molecule has 25 heavy (non-hydrogen) atoms. The molecule has 1 aromatic carbocycles. The minimum Gasteiger partial charge on any atom is -0.339 e. The molecule has 1 aliphatic rings. The average molecular weight is 380 g/mol. The van der Waals surface area contributed by atoms with Crippen LogP contribution in [0.5, 0.6) is 0 Å². The first-order chi connectivity index (χ1) is 12.1. The van der Waals surface area contributed by atoms with Crippen LogP contribution in [0.4, 0.5) is 0 Å². The minimum absolute atomic E-state index is 0.146. The second kappa shape index (κ2) is 8.10. The molecule has 1 aliphatic heterocycles. The molecule has 0 bridgehead atoms. The van der Waals surface area contributed by atoms with Crippen LogP contribution < -0.4 is 5.84 Å². The highest BCUT2D eigenvalue weighted by Crippen LogP contribution is 2.25. The molecule has 1 atom stereocenters. The number of piperidine rings is 1. The minimum atomic E-state index is 0.146. The Morgan fingerprint density at radius 3 is 2.80 bits per heavy atom. The molecule has 1 aromatic heterocycles. The van der Waals surface area contributed by atoms with Gasteiger partial charge in [0.2, 0.25) is 11.1 Å². The molecule has 2 heterocycles. The van der Waals surface area contributed by atoms with Crippen molar-refractivity contribution in [1.82, 2.24) is 19.8 Å². The fourth-order valence-electron chi connectivity index (χ4n) is 3.13. The maximum absolute atomic E-state index is 12.6. The SMILES string of the molecule is CCC1CCCCN1C(=O)CSc1nnc(-c2ccc(Cl)cc2)n1N. The van der Waals surface area contributed by atoms with Gasteiger partial charge in [0.1, 0.15) is 0 Å². The van der Waals surface area contributed by atoms with E-state index in [0.717, 1.165) is 31.4 Å². The highest BCUT2D eigenvalue weighted by Gasteiger charge is 2.25. The zero-order valence-electron chi connectivity index (χ0n) is 14.2. The summed E-state index contributed by atoms with van der Waals surface area (Å²) in [7, 11) is 0. The quantitative estimate of drug-likeness (QED) is 0.637. The summed E-state index contributed by atoms with van der Waals surface area (Å²) in [5.74, 6) is 7.13. The number of aromatic nitrogens is 3. The van der Waals surface area contributed by atoms with Gasteiger partial charge in [0.25, 0.3) is 0 Å². The van der Waals surface area contributed by atoms with E-state index in [9.17, 15) is 4.79 Å². The molecule has 1 fully saturated rings. The van der Waals surface area contributed by atoms with E-state index >= 15 is 0 Å². The average Bonchev–Trinajstić information content (AvgIpc) is 3.01. The Morgan fingerprint density at radius 2 is 2.08 bits per heavy atom. The van der Waals surface area contributed by atoms with E-state index in [-0.39, 0.29) is 5.91 Å². The van der Waals surface area contributed by atoms with Crippen molar-refractivity contribution in [2.45, 2.75) is 43.8 Å². The Hall–Kier alpha value is -1.73. The number of carbonyl (C=O) groups is 1. The van der Waals surface area contributed by atoms with E-state index in [1.54, 1.807) is 12.1 Å². The fraction of sp³-hybridized carbons (Fsp3) is 0.471. The lowest BCUT2D eigenvalue weighted by Crippen LogP contribution is -2.44. The Kier molecular flexibility index (Phi) is 5.86. The van der Waals surface area contributed by atoms with Crippen molar-refractivity contribution in [1.29, 1.82) is 0 Å². The van der Waals surface area contributed by atoms with Crippen molar-refractivity contribution in [3.63, 3.8) is 0 Å². The van der Waals surface area contributed by atoms with Crippen LogP contribution in [0.15, 0.2) is 29.4 Å². The van der Waals surface area contributed by atoms with E-state index in [1.807, 2.05) is 17.0 Å². The van der Waals surface area contributed by atoms with Crippen molar-refractivity contribution in [2.24, 2.45) is 0 Å².